The minimum atomic E-state index is -1.65. The summed E-state index contributed by atoms with van der Waals surface area (Å²) in [7, 11) is 0. The molecule has 1 fully saturated rings. The van der Waals surface area contributed by atoms with Gasteiger partial charge in [-0.3, -0.25) is 38.4 Å². The number of carbonyl (C=O) groups is 8. The van der Waals surface area contributed by atoms with Crippen molar-refractivity contribution in [3.05, 3.63) is 102 Å². The van der Waals surface area contributed by atoms with E-state index >= 15 is 0 Å². The van der Waals surface area contributed by atoms with Crippen LogP contribution in [-0.4, -0.2) is 111 Å². The zero-order chi connectivity index (χ0) is 47.8. The third-order valence-corrected chi connectivity index (χ3v) is 12.1. The van der Waals surface area contributed by atoms with E-state index in [4.69, 9.17) is 5.73 Å². The van der Waals surface area contributed by atoms with Crippen LogP contribution in [0.25, 0.3) is 10.9 Å². The lowest BCUT2D eigenvalue weighted by Gasteiger charge is -2.27. The summed E-state index contributed by atoms with van der Waals surface area (Å²) in [6, 6.07) is 15.7. The van der Waals surface area contributed by atoms with Gasteiger partial charge in [-0.25, -0.2) is 0 Å². The van der Waals surface area contributed by atoms with Gasteiger partial charge >= 0.3 is 5.97 Å². The average Bonchev–Trinajstić information content (AvgIpc) is 3.90. The molecule has 0 radical (unpaired) electrons. The fraction of sp³-hybridized carbons (Fsp3) is 0.404. The van der Waals surface area contributed by atoms with Gasteiger partial charge in [0.1, 0.15) is 36.0 Å². The molecule has 19 heteroatoms. The fourth-order valence-corrected chi connectivity index (χ4v) is 8.55. The first-order valence-corrected chi connectivity index (χ1v) is 23.1. The van der Waals surface area contributed by atoms with Gasteiger partial charge in [-0.2, -0.15) is 11.8 Å². The van der Waals surface area contributed by atoms with Crippen LogP contribution in [0.4, 0.5) is 0 Å². The number of nitrogens with two attached hydrogens (primary N) is 1. The predicted octanol–water partition coefficient (Wildman–Crippen LogP) is 1.73. The Hall–Kier alpha value is -6.89. The highest BCUT2D eigenvalue weighted by Gasteiger charge is 2.35. The summed E-state index contributed by atoms with van der Waals surface area (Å²) < 4.78 is 0. The molecular formula is C47H58N8O10S. The number of aromatic amines is 1. The standard InChI is InChI=1S/C47H58N8O10S/c1-27(56)50-38(22-29-15-17-32(57)18-16-29)45(63)52-34-14-8-11-30(34)24-41(58)51-39(23-31-26-49-35-13-7-6-12-33(31)35)46(64)53-36(19-20-66-2)44(62)55-40(25-42(59)60)47(65)54-37(43(48)61)21-28-9-4-3-5-10-28/h3-7,9-10,12-13,15-18,26,30,34,36-40,49,57H,8,11,14,19-25H2,1-2H3,(H2,48,61)(H,50,56)(H,51,58)(H,52,63)(H,53,64)(H,54,65)(H,55,62)(H,59,60)/t30-,34+,36+,37+,38+,39+,40+/m1/s1. The molecule has 1 aromatic heterocycles. The third-order valence-electron chi connectivity index (χ3n) is 11.5. The second kappa shape index (κ2) is 24.4. The molecule has 352 valence electrons. The maximum Gasteiger partial charge on any atom is 0.305 e. The Bertz CT molecular complexity index is 2340. The molecule has 18 nitrogen and oxygen atoms in total. The van der Waals surface area contributed by atoms with E-state index in [1.165, 1.54) is 30.8 Å². The van der Waals surface area contributed by atoms with Crippen LogP contribution in [0.2, 0.25) is 0 Å². The first-order chi connectivity index (χ1) is 31.6. The monoisotopic (exact) mass is 926 g/mol. The number of primary amides is 1. The summed E-state index contributed by atoms with van der Waals surface area (Å²) in [5.41, 5.74) is 8.49. The number of aliphatic carboxylic acids is 1. The van der Waals surface area contributed by atoms with Crippen LogP contribution in [0.5, 0.6) is 5.75 Å². The van der Waals surface area contributed by atoms with Gasteiger partial charge in [-0.05, 0) is 72.1 Å². The molecule has 0 aliphatic heterocycles. The number of phenolic OH excluding ortho intramolecular Hbond substituents is 1. The highest BCUT2D eigenvalue weighted by Crippen LogP contribution is 2.29. The molecule has 1 saturated carbocycles. The molecule has 0 spiro atoms. The Morgan fingerprint density at radius 3 is 2.00 bits per heavy atom. The van der Waals surface area contributed by atoms with Crippen LogP contribution >= 0.6 is 11.8 Å². The van der Waals surface area contributed by atoms with Crippen molar-refractivity contribution >= 4 is 70.0 Å². The number of aromatic nitrogens is 1. The molecule has 11 N–H and O–H groups in total. The van der Waals surface area contributed by atoms with Gasteiger partial charge in [0.2, 0.25) is 41.4 Å². The molecule has 0 unspecified atom stereocenters. The summed E-state index contributed by atoms with van der Waals surface area (Å²) in [6.45, 7) is 1.31. The number of thioether (sulfide) groups is 1. The number of para-hydroxylation sites is 1. The van der Waals surface area contributed by atoms with Gasteiger partial charge in [-0.1, -0.05) is 67.1 Å². The number of fused-ring (bicyclic) bond motifs is 1. The fourth-order valence-electron chi connectivity index (χ4n) is 8.08. The zero-order valence-electron chi connectivity index (χ0n) is 36.8. The summed E-state index contributed by atoms with van der Waals surface area (Å²) >= 11 is 1.38. The first kappa shape index (κ1) is 50.1. The Labute approximate surface area is 386 Å². The van der Waals surface area contributed by atoms with E-state index in [9.17, 15) is 48.6 Å². The van der Waals surface area contributed by atoms with Crippen LogP contribution in [-0.2, 0) is 57.6 Å². The van der Waals surface area contributed by atoms with E-state index in [1.54, 1.807) is 54.9 Å². The molecule has 4 aromatic rings. The number of amides is 7. The number of aromatic hydroxyl groups is 1. The SMILES string of the molecule is CSCC[C@H](NC(=O)[C@H](Cc1c[nH]c2ccccc12)NC(=O)C[C@H]1CCC[C@@H]1NC(=O)[C@H](Cc1ccc(O)cc1)NC(C)=O)C(=O)N[C@@H](CC(=O)O)C(=O)N[C@@H](Cc1ccccc1)C(N)=O. The molecule has 3 aromatic carbocycles. The van der Waals surface area contributed by atoms with Crippen molar-refractivity contribution in [3.8, 4) is 5.75 Å². The molecule has 66 heavy (non-hydrogen) atoms. The highest BCUT2D eigenvalue weighted by molar-refractivity contribution is 7.98. The normalized spacial score (nSPS) is 16.7. The third kappa shape index (κ3) is 15.1. The lowest BCUT2D eigenvalue weighted by atomic mass is 9.97. The lowest BCUT2D eigenvalue weighted by Crippen LogP contribution is -2.59. The number of phenols is 1. The molecule has 1 heterocycles. The maximum atomic E-state index is 14.3. The van der Waals surface area contributed by atoms with Gasteiger partial charge in [-0.15, -0.1) is 0 Å². The largest absolute Gasteiger partial charge is 0.508 e. The van der Waals surface area contributed by atoms with Crippen molar-refractivity contribution in [1.82, 2.24) is 36.9 Å². The molecule has 5 rings (SSSR count). The minimum absolute atomic E-state index is 0.0128. The first-order valence-electron chi connectivity index (χ1n) is 21.7. The van der Waals surface area contributed by atoms with Crippen molar-refractivity contribution < 1.29 is 48.6 Å². The van der Waals surface area contributed by atoms with Gasteiger partial charge in [0, 0.05) is 55.7 Å². The Morgan fingerprint density at radius 1 is 0.712 bits per heavy atom. The van der Waals surface area contributed by atoms with Gasteiger partial charge in [0.05, 0.1) is 6.42 Å². The molecule has 7 amide bonds. The smallest absolute Gasteiger partial charge is 0.305 e. The van der Waals surface area contributed by atoms with Crippen LogP contribution < -0.4 is 37.6 Å². The Kier molecular flexibility index (Phi) is 18.5. The average molecular weight is 927 g/mol. The van der Waals surface area contributed by atoms with Gasteiger partial charge in [0.15, 0.2) is 0 Å². The minimum Gasteiger partial charge on any atom is -0.508 e. The van der Waals surface area contributed by atoms with Crippen molar-refractivity contribution in [1.29, 1.82) is 0 Å². The van der Waals surface area contributed by atoms with E-state index in [-0.39, 0.29) is 43.8 Å². The van der Waals surface area contributed by atoms with Crippen LogP contribution in [0.1, 0.15) is 62.1 Å². The molecule has 7 atom stereocenters. The summed E-state index contributed by atoms with van der Waals surface area (Å²) in [5, 5.41) is 36.4. The van der Waals surface area contributed by atoms with Crippen LogP contribution in [0, 0.1) is 5.92 Å². The number of carboxylic acid groups (broad SMARTS) is 1. The van der Waals surface area contributed by atoms with Crippen molar-refractivity contribution in [2.45, 2.75) is 101 Å². The number of rotatable bonds is 24. The number of H-pyrrole nitrogens is 1. The number of hydrogen-bond acceptors (Lipinski definition) is 10. The summed E-state index contributed by atoms with van der Waals surface area (Å²) in [6.07, 6.45) is 4.80. The Balaban J connectivity index is 1.31. The van der Waals surface area contributed by atoms with Gasteiger partial charge in [0.25, 0.3) is 0 Å². The highest BCUT2D eigenvalue weighted by atomic mass is 32.2. The zero-order valence-corrected chi connectivity index (χ0v) is 37.7. The lowest BCUT2D eigenvalue weighted by molar-refractivity contribution is -0.141. The predicted molar refractivity (Wildman–Crippen MR) is 248 cm³/mol. The van der Waals surface area contributed by atoms with Crippen molar-refractivity contribution in [2.24, 2.45) is 11.7 Å². The summed E-state index contributed by atoms with van der Waals surface area (Å²) in [4.78, 5) is 109. The molecule has 0 saturated heterocycles. The maximum absolute atomic E-state index is 14.3. The van der Waals surface area contributed by atoms with E-state index in [0.717, 1.165) is 16.5 Å². The molecular weight excluding hydrogens is 869 g/mol. The van der Waals surface area contributed by atoms with Gasteiger partial charge < -0.3 is 52.8 Å². The number of carbonyl (C=O) groups excluding carboxylic acids is 7. The van der Waals surface area contributed by atoms with E-state index in [1.807, 2.05) is 24.3 Å². The second-order valence-corrected chi connectivity index (χ2v) is 17.5. The van der Waals surface area contributed by atoms with Crippen LogP contribution in [0.3, 0.4) is 0 Å². The number of carboxylic acids is 1. The molecule has 1 aliphatic carbocycles. The van der Waals surface area contributed by atoms with Crippen molar-refractivity contribution in [2.75, 3.05) is 12.0 Å². The number of nitrogens with one attached hydrogen (secondary N) is 7. The van der Waals surface area contributed by atoms with E-state index in [0.29, 0.717) is 36.1 Å². The molecule has 0 bridgehead atoms. The summed E-state index contributed by atoms with van der Waals surface area (Å²) in [5.74, 6) is -5.99. The topological polar surface area (TPSA) is 291 Å². The van der Waals surface area contributed by atoms with E-state index < -0.39 is 90.0 Å². The van der Waals surface area contributed by atoms with E-state index in [2.05, 4.69) is 36.9 Å². The quantitative estimate of drug-likeness (QED) is 0.0483. The van der Waals surface area contributed by atoms with Crippen molar-refractivity contribution in [3.63, 3.8) is 0 Å². The number of hydrogen-bond donors (Lipinski definition) is 10. The number of benzene rings is 3. The second-order valence-electron chi connectivity index (χ2n) is 16.5. The molecule has 1 aliphatic rings. The van der Waals surface area contributed by atoms with Crippen LogP contribution in [0.15, 0.2) is 85.1 Å². The Morgan fingerprint density at radius 2 is 1.32 bits per heavy atom.